The maximum absolute atomic E-state index is 11.4. The monoisotopic (exact) mass is 380 g/mol. The van der Waals surface area contributed by atoms with Crippen LogP contribution in [0, 0.1) is 17.3 Å². The van der Waals surface area contributed by atoms with Crippen LogP contribution >= 0.6 is 0 Å². The highest BCUT2D eigenvalue weighted by Gasteiger charge is 2.57. The van der Waals surface area contributed by atoms with Crippen molar-refractivity contribution in [1.82, 2.24) is 0 Å². The first-order chi connectivity index (χ1) is 12.5. The van der Waals surface area contributed by atoms with Gasteiger partial charge in [0.1, 0.15) is 12.2 Å². The van der Waals surface area contributed by atoms with Crippen LogP contribution in [0.15, 0.2) is 23.8 Å². The van der Waals surface area contributed by atoms with Gasteiger partial charge in [-0.05, 0) is 81.8 Å². The van der Waals surface area contributed by atoms with Crippen LogP contribution in [-0.2, 0) is 14.4 Å². The molecule has 5 nitrogen and oxygen atoms in total. The molecule has 154 valence electrons. The molecule has 0 aliphatic heterocycles. The minimum absolute atomic E-state index is 0.0598. The van der Waals surface area contributed by atoms with Crippen molar-refractivity contribution in [3.8, 4) is 0 Å². The number of esters is 1. The molecule has 5 heteroatoms. The molecule has 0 radical (unpaired) electrons. The number of hydrogen-bond acceptors (Lipinski definition) is 5. The van der Waals surface area contributed by atoms with Crippen LogP contribution in [0.1, 0.15) is 73.1 Å². The Hall–Kier alpha value is -1.17. The molecule has 1 fully saturated rings. The average Bonchev–Trinajstić information content (AvgIpc) is 3.33. The maximum atomic E-state index is 11.4. The van der Waals surface area contributed by atoms with E-state index in [-0.39, 0.29) is 29.5 Å². The third-order valence-corrected chi connectivity index (χ3v) is 6.63. The van der Waals surface area contributed by atoms with Crippen LogP contribution in [-0.4, -0.2) is 34.1 Å². The molecule has 0 bridgehead atoms. The lowest BCUT2D eigenvalue weighted by Gasteiger charge is -2.36. The molecular formula is C22H36O5. The predicted octanol–water partition coefficient (Wildman–Crippen LogP) is 4.66. The van der Waals surface area contributed by atoms with E-state index in [0.717, 1.165) is 31.3 Å². The van der Waals surface area contributed by atoms with E-state index < -0.39 is 5.60 Å². The van der Waals surface area contributed by atoms with E-state index in [4.69, 9.17) is 9.99 Å². The fraction of sp³-hybridized carbons (Fsp3) is 0.773. The van der Waals surface area contributed by atoms with Gasteiger partial charge in [-0.2, -0.15) is 0 Å². The van der Waals surface area contributed by atoms with Gasteiger partial charge in [0.25, 0.3) is 0 Å². The first-order valence-electron chi connectivity index (χ1n) is 10.0. The number of fused-ring (bicyclic) bond motifs is 1. The molecule has 27 heavy (non-hydrogen) atoms. The summed E-state index contributed by atoms with van der Waals surface area (Å²) in [4.78, 5) is 16.0. The van der Waals surface area contributed by atoms with Crippen LogP contribution < -0.4 is 0 Å². The fourth-order valence-electron chi connectivity index (χ4n) is 4.79. The highest BCUT2D eigenvalue weighted by Crippen LogP contribution is 2.60. The molecule has 0 aromatic heterocycles. The van der Waals surface area contributed by atoms with Gasteiger partial charge in [-0.3, -0.25) is 10.1 Å². The second-order valence-corrected chi connectivity index (χ2v) is 9.30. The largest absolute Gasteiger partial charge is 0.458 e. The molecule has 1 saturated carbocycles. The molecule has 2 N–H and O–H groups in total. The smallest absolute Gasteiger partial charge is 0.303 e. The van der Waals surface area contributed by atoms with E-state index in [1.807, 2.05) is 19.9 Å². The average molecular weight is 381 g/mol. The molecule has 2 rings (SSSR count). The zero-order valence-electron chi connectivity index (χ0n) is 17.5. The van der Waals surface area contributed by atoms with Crippen molar-refractivity contribution in [2.24, 2.45) is 17.3 Å². The van der Waals surface area contributed by atoms with Crippen LogP contribution in [0.4, 0.5) is 0 Å². The molecule has 0 aromatic carbocycles. The van der Waals surface area contributed by atoms with Gasteiger partial charge in [0.2, 0.25) is 0 Å². The summed E-state index contributed by atoms with van der Waals surface area (Å²) in [6, 6.07) is 0. The number of hydrogen-bond donors (Lipinski definition) is 2. The summed E-state index contributed by atoms with van der Waals surface area (Å²) in [6.45, 7) is 13.4. The van der Waals surface area contributed by atoms with Gasteiger partial charge in [0, 0.05) is 13.3 Å². The second kappa shape index (κ2) is 8.46. The molecule has 0 saturated heterocycles. The highest BCUT2D eigenvalue weighted by atomic mass is 17.1. The zero-order valence-corrected chi connectivity index (χ0v) is 17.5. The van der Waals surface area contributed by atoms with Gasteiger partial charge in [0.05, 0.1) is 5.60 Å². The van der Waals surface area contributed by atoms with Crippen molar-refractivity contribution in [2.75, 3.05) is 0 Å². The lowest BCUT2D eigenvalue weighted by atomic mass is 9.72. The molecular weight excluding hydrogens is 344 g/mol. The number of allylic oxidation sites excluding steroid dienone is 1. The normalized spacial score (nSPS) is 39.5. The van der Waals surface area contributed by atoms with Crippen molar-refractivity contribution in [2.45, 2.75) is 91.0 Å². The van der Waals surface area contributed by atoms with E-state index in [1.54, 1.807) is 0 Å². The Labute approximate surface area is 163 Å². The van der Waals surface area contributed by atoms with E-state index >= 15 is 0 Å². The molecule has 2 aliphatic rings. The van der Waals surface area contributed by atoms with Crippen molar-refractivity contribution in [3.63, 3.8) is 0 Å². The molecule has 2 aliphatic carbocycles. The fourth-order valence-corrected chi connectivity index (χ4v) is 4.79. The van der Waals surface area contributed by atoms with E-state index in [1.165, 1.54) is 12.5 Å². The summed E-state index contributed by atoms with van der Waals surface area (Å²) in [5, 5.41) is 20.3. The van der Waals surface area contributed by atoms with Gasteiger partial charge in [-0.1, -0.05) is 19.1 Å². The Morgan fingerprint density at radius 2 is 2.04 bits per heavy atom. The van der Waals surface area contributed by atoms with Crippen LogP contribution in [0.3, 0.4) is 0 Å². The zero-order chi connectivity index (χ0) is 20.4. The van der Waals surface area contributed by atoms with E-state index in [9.17, 15) is 9.90 Å². The predicted molar refractivity (Wildman–Crippen MR) is 105 cm³/mol. The lowest BCUT2D eigenvalue weighted by Crippen LogP contribution is -2.37. The number of carbonyl (C=O) groups is 1. The molecule has 0 amide bonds. The Morgan fingerprint density at radius 3 is 2.59 bits per heavy atom. The number of aliphatic hydroxyl groups is 1. The molecule has 0 aromatic rings. The maximum Gasteiger partial charge on any atom is 0.303 e. The third kappa shape index (κ3) is 5.66. The van der Waals surface area contributed by atoms with Gasteiger partial charge < -0.3 is 9.84 Å². The lowest BCUT2D eigenvalue weighted by molar-refractivity contribution is -0.270. The van der Waals surface area contributed by atoms with Crippen LogP contribution in [0.2, 0.25) is 0 Å². The first kappa shape index (κ1) is 22.1. The van der Waals surface area contributed by atoms with Gasteiger partial charge in [-0.25, -0.2) is 4.89 Å². The van der Waals surface area contributed by atoms with Gasteiger partial charge >= 0.3 is 5.97 Å². The highest BCUT2D eigenvalue weighted by molar-refractivity contribution is 5.66. The number of rotatable bonds is 6. The van der Waals surface area contributed by atoms with Crippen molar-refractivity contribution in [3.05, 3.63) is 23.8 Å². The number of carbonyl (C=O) groups excluding carboxylic acids is 1. The second-order valence-electron chi connectivity index (χ2n) is 9.30. The summed E-state index contributed by atoms with van der Waals surface area (Å²) in [6.07, 6.45) is 6.22. The van der Waals surface area contributed by atoms with Crippen molar-refractivity contribution in [1.29, 1.82) is 0 Å². The Balaban J connectivity index is 2.20. The standard InChI is InChI=1S/C22H36O5/c1-14(2)20(27-25)8-10-21(5)9-7-15(3)11-17(26-16(4)23)13-22(6,24)19-12-18(19)21/h11,17-20,24-25H,1,7-10,12-13H2,2-6H3/b15-11-/t17-,18-,19-,20?,21+,22-/m0/s1. The summed E-state index contributed by atoms with van der Waals surface area (Å²) in [5.41, 5.74) is 1.18. The van der Waals surface area contributed by atoms with Gasteiger partial charge in [-0.15, -0.1) is 0 Å². The summed E-state index contributed by atoms with van der Waals surface area (Å²) < 4.78 is 5.44. The Kier molecular flexibility index (Phi) is 6.93. The Bertz CT molecular complexity index is 594. The minimum Gasteiger partial charge on any atom is -0.458 e. The molecule has 6 atom stereocenters. The molecule has 0 heterocycles. The van der Waals surface area contributed by atoms with Crippen molar-refractivity contribution < 1.29 is 24.8 Å². The SMILES string of the molecule is C=C(C)C(CC[C@@]1(C)CC/C(C)=C\[C@H](OC(C)=O)C[C@](C)(O)[C@H]2C[C@@H]21)OO. The van der Waals surface area contributed by atoms with Crippen molar-refractivity contribution >= 4 is 5.97 Å². The van der Waals surface area contributed by atoms with E-state index in [2.05, 4.69) is 25.3 Å². The topological polar surface area (TPSA) is 76.0 Å². The van der Waals surface area contributed by atoms with Crippen LogP contribution in [0.5, 0.6) is 0 Å². The quantitative estimate of drug-likeness (QED) is 0.303. The van der Waals surface area contributed by atoms with E-state index in [0.29, 0.717) is 18.8 Å². The summed E-state index contributed by atoms with van der Waals surface area (Å²) in [5.74, 6) is 0.301. The summed E-state index contributed by atoms with van der Waals surface area (Å²) >= 11 is 0. The third-order valence-electron chi connectivity index (χ3n) is 6.63. The summed E-state index contributed by atoms with van der Waals surface area (Å²) in [7, 11) is 0. The minimum atomic E-state index is -0.874. The van der Waals surface area contributed by atoms with Gasteiger partial charge in [0.15, 0.2) is 0 Å². The molecule has 1 unspecified atom stereocenters. The molecule has 0 spiro atoms. The number of ether oxygens (including phenoxy) is 1. The first-order valence-corrected chi connectivity index (χ1v) is 10.0. The Morgan fingerprint density at radius 1 is 1.37 bits per heavy atom. The van der Waals surface area contributed by atoms with Crippen LogP contribution in [0.25, 0.3) is 0 Å².